The van der Waals surface area contributed by atoms with Crippen molar-refractivity contribution in [2.45, 2.75) is 38.6 Å². The molecule has 1 rings (SSSR count). The molecule has 1 aromatic rings. The summed E-state index contributed by atoms with van der Waals surface area (Å²) in [6.07, 6.45) is 4.10. The van der Waals surface area contributed by atoms with Crippen molar-refractivity contribution in [1.29, 1.82) is 0 Å². The van der Waals surface area contributed by atoms with Crippen LogP contribution >= 0.6 is 15.9 Å². The maximum atomic E-state index is 6.04. The molecule has 0 heterocycles. The van der Waals surface area contributed by atoms with E-state index in [0.29, 0.717) is 0 Å². The molecule has 0 bridgehead atoms. The van der Waals surface area contributed by atoms with Crippen LogP contribution in [-0.2, 0) is 6.42 Å². The maximum absolute atomic E-state index is 6.04. The van der Waals surface area contributed by atoms with Gasteiger partial charge in [0.15, 0.2) is 0 Å². The van der Waals surface area contributed by atoms with Gasteiger partial charge in [-0.3, -0.25) is 0 Å². The predicted octanol–water partition coefficient (Wildman–Crippen LogP) is 3.53. The average molecular weight is 316 g/mol. The number of ether oxygens (including phenoxy) is 2. The van der Waals surface area contributed by atoms with Gasteiger partial charge in [-0.25, -0.2) is 0 Å². The van der Waals surface area contributed by atoms with Crippen LogP contribution in [0.4, 0.5) is 0 Å². The lowest BCUT2D eigenvalue weighted by Crippen LogP contribution is -2.20. The Labute approximate surface area is 118 Å². The Kier molecular flexibility index (Phi) is 6.50. The van der Waals surface area contributed by atoms with Gasteiger partial charge in [-0.1, -0.05) is 19.4 Å². The highest BCUT2D eigenvalue weighted by Gasteiger charge is 2.13. The van der Waals surface area contributed by atoms with E-state index in [1.807, 2.05) is 12.1 Å². The van der Waals surface area contributed by atoms with Gasteiger partial charge >= 0.3 is 0 Å². The van der Waals surface area contributed by atoms with Crippen LogP contribution in [0.15, 0.2) is 16.6 Å². The summed E-state index contributed by atoms with van der Waals surface area (Å²) in [5, 5.41) is 0. The molecule has 0 amide bonds. The van der Waals surface area contributed by atoms with Crippen LogP contribution in [0.2, 0.25) is 0 Å². The van der Waals surface area contributed by atoms with E-state index in [1.165, 1.54) is 0 Å². The lowest BCUT2D eigenvalue weighted by atomic mass is 10.0. The normalized spacial score (nSPS) is 12.3. The summed E-state index contributed by atoms with van der Waals surface area (Å²) in [6.45, 7) is 2.16. The minimum absolute atomic E-state index is 0.264. The van der Waals surface area contributed by atoms with E-state index in [-0.39, 0.29) is 6.04 Å². The molecule has 0 aliphatic rings. The zero-order valence-corrected chi connectivity index (χ0v) is 12.9. The van der Waals surface area contributed by atoms with E-state index in [1.54, 1.807) is 14.2 Å². The third kappa shape index (κ3) is 3.89. The first kappa shape index (κ1) is 15.3. The van der Waals surface area contributed by atoms with Crippen molar-refractivity contribution >= 4 is 15.9 Å². The Bertz CT molecular complexity index is 382. The lowest BCUT2D eigenvalue weighted by Gasteiger charge is -2.15. The summed E-state index contributed by atoms with van der Waals surface area (Å²) in [7, 11) is 3.32. The number of nitrogens with two attached hydrogens (primary N) is 1. The molecule has 0 fully saturated rings. The predicted molar refractivity (Wildman–Crippen MR) is 78.5 cm³/mol. The number of hydrogen-bond donors (Lipinski definition) is 1. The zero-order valence-electron chi connectivity index (χ0n) is 11.3. The van der Waals surface area contributed by atoms with Crippen LogP contribution in [0, 0.1) is 0 Å². The van der Waals surface area contributed by atoms with Gasteiger partial charge in [0.2, 0.25) is 0 Å². The number of hydrogen-bond acceptors (Lipinski definition) is 3. The highest BCUT2D eigenvalue weighted by molar-refractivity contribution is 9.10. The second kappa shape index (κ2) is 7.64. The average Bonchev–Trinajstić information content (AvgIpc) is 2.36. The summed E-state index contributed by atoms with van der Waals surface area (Å²) in [6, 6.07) is 4.26. The molecule has 18 heavy (non-hydrogen) atoms. The third-order valence-electron chi connectivity index (χ3n) is 3.01. The molecule has 1 unspecified atom stereocenters. The van der Waals surface area contributed by atoms with Crippen molar-refractivity contribution in [3.05, 3.63) is 22.2 Å². The lowest BCUT2D eigenvalue weighted by molar-refractivity contribution is 0.385. The molecule has 0 spiro atoms. The van der Waals surface area contributed by atoms with Gasteiger partial charge in [0, 0.05) is 6.04 Å². The van der Waals surface area contributed by atoms with E-state index in [0.717, 1.165) is 47.2 Å². The molecule has 0 saturated heterocycles. The summed E-state index contributed by atoms with van der Waals surface area (Å²) in [4.78, 5) is 0. The Morgan fingerprint density at radius 3 is 2.50 bits per heavy atom. The SMILES string of the molecule is CCCC(N)CCc1ccc(OC)c(Br)c1OC. The van der Waals surface area contributed by atoms with Gasteiger partial charge in [0.1, 0.15) is 16.0 Å². The molecule has 1 aromatic carbocycles. The summed E-state index contributed by atoms with van der Waals surface area (Å²) in [5.74, 6) is 1.63. The smallest absolute Gasteiger partial charge is 0.139 e. The fraction of sp³-hybridized carbons (Fsp3) is 0.571. The number of rotatable bonds is 7. The Morgan fingerprint density at radius 1 is 1.22 bits per heavy atom. The maximum Gasteiger partial charge on any atom is 0.139 e. The molecule has 3 nitrogen and oxygen atoms in total. The largest absolute Gasteiger partial charge is 0.495 e. The fourth-order valence-electron chi connectivity index (χ4n) is 2.01. The molecule has 0 aromatic heterocycles. The standard InChI is InChI=1S/C14H22BrNO2/c1-4-5-11(16)8-6-10-7-9-12(17-2)13(15)14(10)18-3/h7,9,11H,4-6,8,16H2,1-3H3. The van der Waals surface area contributed by atoms with Gasteiger partial charge in [-0.15, -0.1) is 0 Å². The molecule has 0 radical (unpaired) electrons. The van der Waals surface area contributed by atoms with E-state index in [9.17, 15) is 0 Å². The number of benzene rings is 1. The van der Waals surface area contributed by atoms with Crippen molar-refractivity contribution in [3.8, 4) is 11.5 Å². The number of halogens is 1. The first-order valence-corrected chi connectivity index (χ1v) is 7.08. The highest BCUT2D eigenvalue weighted by Crippen LogP contribution is 2.37. The second-order valence-corrected chi connectivity index (χ2v) is 5.15. The van der Waals surface area contributed by atoms with Crippen LogP contribution in [0.5, 0.6) is 11.5 Å². The zero-order chi connectivity index (χ0) is 13.5. The quantitative estimate of drug-likeness (QED) is 0.837. The van der Waals surface area contributed by atoms with Gasteiger partial charge in [0.25, 0.3) is 0 Å². The second-order valence-electron chi connectivity index (χ2n) is 4.36. The summed E-state index contributed by atoms with van der Waals surface area (Å²) >= 11 is 3.51. The third-order valence-corrected chi connectivity index (χ3v) is 3.76. The molecule has 2 N–H and O–H groups in total. The Hall–Kier alpha value is -0.740. The van der Waals surface area contributed by atoms with Gasteiger partial charge in [0.05, 0.1) is 14.2 Å². The fourth-order valence-corrected chi connectivity index (χ4v) is 2.72. The highest BCUT2D eigenvalue weighted by atomic mass is 79.9. The van der Waals surface area contributed by atoms with Crippen molar-refractivity contribution in [3.63, 3.8) is 0 Å². The van der Waals surface area contributed by atoms with Crippen molar-refractivity contribution in [1.82, 2.24) is 0 Å². The topological polar surface area (TPSA) is 44.5 Å². The first-order valence-electron chi connectivity index (χ1n) is 6.28. The van der Waals surface area contributed by atoms with Crippen molar-refractivity contribution in [2.24, 2.45) is 5.73 Å². The number of methoxy groups -OCH3 is 2. The molecule has 0 aliphatic carbocycles. The van der Waals surface area contributed by atoms with E-state index in [2.05, 4.69) is 22.9 Å². The Balaban J connectivity index is 2.79. The van der Waals surface area contributed by atoms with E-state index < -0.39 is 0 Å². The van der Waals surface area contributed by atoms with Crippen LogP contribution in [0.1, 0.15) is 31.7 Å². The first-order chi connectivity index (χ1) is 8.63. The van der Waals surface area contributed by atoms with Gasteiger partial charge in [-0.05, 0) is 46.8 Å². The van der Waals surface area contributed by atoms with Crippen molar-refractivity contribution in [2.75, 3.05) is 14.2 Å². The van der Waals surface area contributed by atoms with Crippen LogP contribution in [0.3, 0.4) is 0 Å². The summed E-state index contributed by atoms with van der Waals surface area (Å²) < 4.78 is 11.6. The summed E-state index contributed by atoms with van der Waals surface area (Å²) in [5.41, 5.74) is 7.20. The van der Waals surface area contributed by atoms with Crippen LogP contribution in [0.25, 0.3) is 0 Å². The molecular formula is C14H22BrNO2. The van der Waals surface area contributed by atoms with E-state index >= 15 is 0 Å². The molecule has 1 atom stereocenters. The van der Waals surface area contributed by atoms with Crippen LogP contribution in [-0.4, -0.2) is 20.3 Å². The van der Waals surface area contributed by atoms with Crippen molar-refractivity contribution < 1.29 is 9.47 Å². The molecule has 0 saturated carbocycles. The number of aryl methyl sites for hydroxylation is 1. The minimum Gasteiger partial charge on any atom is -0.495 e. The minimum atomic E-state index is 0.264. The molecule has 4 heteroatoms. The molecular weight excluding hydrogens is 294 g/mol. The Morgan fingerprint density at radius 2 is 1.94 bits per heavy atom. The van der Waals surface area contributed by atoms with Gasteiger partial charge < -0.3 is 15.2 Å². The molecule has 0 aliphatic heterocycles. The van der Waals surface area contributed by atoms with E-state index in [4.69, 9.17) is 15.2 Å². The molecule has 102 valence electrons. The van der Waals surface area contributed by atoms with Crippen LogP contribution < -0.4 is 15.2 Å². The monoisotopic (exact) mass is 315 g/mol. The van der Waals surface area contributed by atoms with Gasteiger partial charge in [-0.2, -0.15) is 0 Å².